The zero-order valence-electron chi connectivity index (χ0n) is 16.3. The highest BCUT2D eigenvalue weighted by Crippen LogP contribution is 2.51. The fourth-order valence-corrected chi connectivity index (χ4v) is 5.79. The highest BCUT2D eigenvalue weighted by Gasteiger charge is 2.56. The summed E-state index contributed by atoms with van der Waals surface area (Å²) in [6, 6.07) is 7.20. The Morgan fingerprint density at radius 2 is 1.87 bits per heavy atom. The maximum absolute atomic E-state index is 11.2. The number of ether oxygens (including phenoxy) is 2. The van der Waals surface area contributed by atoms with Crippen molar-refractivity contribution in [2.75, 3.05) is 0 Å². The van der Waals surface area contributed by atoms with Gasteiger partial charge in [0, 0.05) is 21.6 Å². The minimum atomic E-state index is -0.737. The van der Waals surface area contributed by atoms with Crippen molar-refractivity contribution in [2.45, 2.75) is 50.4 Å². The Bertz CT molecular complexity index is 1100. The maximum Gasteiger partial charge on any atom is 0.163 e. The van der Waals surface area contributed by atoms with Crippen molar-refractivity contribution in [3.63, 3.8) is 0 Å². The molecule has 158 valence electrons. The van der Waals surface area contributed by atoms with Crippen molar-refractivity contribution in [1.82, 2.24) is 14.5 Å². The van der Waals surface area contributed by atoms with Gasteiger partial charge in [-0.3, -0.25) is 0 Å². The van der Waals surface area contributed by atoms with Crippen LogP contribution in [0.25, 0.3) is 11.0 Å². The van der Waals surface area contributed by atoms with E-state index in [2.05, 4.69) is 30.5 Å². The van der Waals surface area contributed by atoms with Crippen molar-refractivity contribution in [2.24, 2.45) is 5.92 Å². The van der Waals surface area contributed by atoms with Crippen LogP contribution in [0.4, 0.5) is 0 Å². The smallest absolute Gasteiger partial charge is 0.163 e. The van der Waals surface area contributed by atoms with Gasteiger partial charge < -0.3 is 19.1 Å². The quantitative estimate of drug-likeness (QED) is 0.481. The number of benzene rings is 1. The van der Waals surface area contributed by atoms with Gasteiger partial charge in [0.05, 0.1) is 23.6 Å². The fourth-order valence-electron chi connectivity index (χ4n) is 4.74. The van der Waals surface area contributed by atoms with Gasteiger partial charge in [-0.1, -0.05) is 35.3 Å². The Balaban J connectivity index is 1.56. The van der Waals surface area contributed by atoms with Crippen LogP contribution in [0.3, 0.4) is 0 Å². The third-order valence-corrected chi connectivity index (χ3v) is 7.11. The van der Waals surface area contributed by atoms with E-state index in [1.165, 1.54) is 6.33 Å². The lowest BCUT2D eigenvalue weighted by molar-refractivity contribution is -0.165. The van der Waals surface area contributed by atoms with E-state index in [1.54, 1.807) is 12.1 Å². The summed E-state index contributed by atoms with van der Waals surface area (Å²) >= 11 is 15.9. The molecule has 1 aromatic carbocycles. The van der Waals surface area contributed by atoms with Crippen LogP contribution >= 0.6 is 39.1 Å². The summed E-state index contributed by atoms with van der Waals surface area (Å²) in [5.74, 6) is -0.893. The Morgan fingerprint density at radius 3 is 2.60 bits per heavy atom. The van der Waals surface area contributed by atoms with E-state index in [4.69, 9.17) is 32.7 Å². The van der Waals surface area contributed by atoms with Crippen molar-refractivity contribution in [1.29, 1.82) is 0 Å². The Kier molecular flexibility index (Phi) is 5.12. The van der Waals surface area contributed by atoms with Gasteiger partial charge >= 0.3 is 0 Å². The number of hydrogen-bond acceptors (Lipinski definition) is 5. The summed E-state index contributed by atoms with van der Waals surface area (Å²) in [5.41, 5.74) is 1.53. The Labute approximate surface area is 192 Å². The third-order valence-electron chi connectivity index (χ3n) is 5.97. The van der Waals surface area contributed by atoms with Crippen LogP contribution < -0.4 is 0 Å². The molecule has 1 aliphatic carbocycles. The van der Waals surface area contributed by atoms with Crippen molar-refractivity contribution in [3.05, 3.63) is 57.0 Å². The molecule has 0 radical (unpaired) electrons. The second-order valence-corrected chi connectivity index (χ2v) is 9.92. The van der Waals surface area contributed by atoms with Crippen molar-refractivity contribution >= 4 is 50.2 Å². The molecule has 0 amide bonds. The van der Waals surface area contributed by atoms with Gasteiger partial charge in [0.2, 0.25) is 0 Å². The van der Waals surface area contributed by atoms with Crippen LogP contribution in [0.1, 0.15) is 38.0 Å². The number of aromatic nitrogens is 3. The van der Waals surface area contributed by atoms with E-state index < -0.39 is 11.9 Å². The van der Waals surface area contributed by atoms with E-state index in [0.717, 1.165) is 21.1 Å². The van der Waals surface area contributed by atoms with Gasteiger partial charge in [0.15, 0.2) is 5.79 Å². The van der Waals surface area contributed by atoms with Gasteiger partial charge in [-0.05, 0) is 53.9 Å². The number of hydrogen-bond donors (Lipinski definition) is 1. The standard InChI is InChI=1S/C21H20BrCl2N3O3/c1-21(2)29-17-12(16(28)10-3-5-11(23)6-4-10)7-14(18(17)30-21)27-8-13(22)15-19(24)25-9-26-20(15)27/h3-6,8-9,12,14,16-18,28H,7H2,1-2H3/t12-,14-,16?,17-,18+/m1/s1. The fraction of sp³-hybridized carbons (Fsp3) is 0.429. The van der Waals surface area contributed by atoms with Crippen LogP contribution in [0, 0.1) is 5.92 Å². The van der Waals surface area contributed by atoms with E-state index in [0.29, 0.717) is 16.6 Å². The number of aliphatic hydroxyl groups excluding tert-OH is 1. The van der Waals surface area contributed by atoms with Crippen LogP contribution in [0.5, 0.6) is 0 Å². The molecule has 3 aromatic rings. The molecule has 30 heavy (non-hydrogen) atoms. The molecular weight excluding hydrogens is 493 g/mol. The lowest BCUT2D eigenvalue weighted by Crippen LogP contribution is -2.29. The van der Waals surface area contributed by atoms with Gasteiger partial charge in [0.1, 0.15) is 23.2 Å². The molecule has 1 N–H and O–H groups in total. The predicted molar refractivity (Wildman–Crippen MR) is 118 cm³/mol. The average molecular weight is 513 g/mol. The lowest BCUT2D eigenvalue weighted by Gasteiger charge is -2.26. The lowest BCUT2D eigenvalue weighted by atomic mass is 9.92. The molecule has 1 saturated heterocycles. The molecule has 2 aliphatic rings. The van der Waals surface area contributed by atoms with E-state index in [-0.39, 0.29) is 24.2 Å². The number of fused-ring (bicyclic) bond motifs is 2. The zero-order chi connectivity index (χ0) is 21.2. The summed E-state index contributed by atoms with van der Waals surface area (Å²) in [5, 5.41) is 13.0. The summed E-state index contributed by atoms with van der Waals surface area (Å²) in [6.07, 6.45) is 2.87. The second kappa shape index (κ2) is 7.43. The summed E-state index contributed by atoms with van der Waals surface area (Å²) in [4.78, 5) is 8.55. The number of nitrogens with zero attached hydrogens (tertiary/aromatic N) is 3. The molecule has 2 aromatic heterocycles. The largest absolute Gasteiger partial charge is 0.388 e. The van der Waals surface area contributed by atoms with Gasteiger partial charge in [0.25, 0.3) is 0 Å². The van der Waals surface area contributed by atoms with Gasteiger partial charge in [-0.2, -0.15) is 0 Å². The summed E-state index contributed by atoms with van der Waals surface area (Å²) in [7, 11) is 0. The normalized spacial score (nSPS) is 28.7. The Morgan fingerprint density at radius 1 is 1.17 bits per heavy atom. The minimum Gasteiger partial charge on any atom is -0.388 e. The number of aliphatic hydroxyl groups is 1. The van der Waals surface area contributed by atoms with Crippen molar-refractivity contribution < 1.29 is 14.6 Å². The Hall–Kier alpha value is -1.22. The molecule has 1 aliphatic heterocycles. The van der Waals surface area contributed by atoms with Gasteiger partial charge in [-0.25, -0.2) is 9.97 Å². The maximum atomic E-state index is 11.2. The number of halogens is 3. The minimum absolute atomic E-state index is 0.0801. The number of rotatable bonds is 3. The zero-order valence-corrected chi connectivity index (χ0v) is 19.4. The molecule has 5 rings (SSSR count). The van der Waals surface area contributed by atoms with Crippen LogP contribution in [-0.2, 0) is 9.47 Å². The van der Waals surface area contributed by atoms with Crippen LogP contribution in [-0.4, -0.2) is 37.6 Å². The first kappa shape index (κ1) is 20.7. The highest BCUT2D eigenvalue weighted by molar-refractivity contribution is 9.10. The molecule has 1 unspecified atom stereocenters. The molecule has 0 spiro atoms. The van der Waals surface area contributed by atoms with E-state index >= 15 is 0 Å². The molecule has 6 nitrogen and oxygen atoms in total. The van der Waals surface area contributed by atoms with Crippen LogP contribution in [0.2, 0.25) is 10.2 Å². The molecule has 9 heteroatoms. The average Bonchev–Trinajstić information content (AvgIpc) is 3.30. The van der Waals surface area contributed by atoms with E-state index in [9.17, 15) is 5.11 Å². The SMILES string of the molecule is CC1(C)O[C@@H]2[C@H](O1)[C@@H](C(O)c1ccc(Cl)cc1)C[C@H]2n1cc(Br)c2c(Cl)ncnc21. The van der Waals surface area contributed by atoms with E-state index in [1.807, 2.05) is 32.2 Å². The molecule has 2 fully saturated rings. The molecule has 3 heterocycles. The topological polar surface area (TPSA) is 69.4 Å². The summed E-state index contributed by atoms with van der Waals surface area (Å²) < 4.78 is 15.4. The predicted octanol–water partition coefficient (Wildman–Crippen LogP) is 5.32. The summed E-state index contributed by atoms with van der Waals surface area (Å²) in [6.45, 7) is 3.80. The second-order valence-electron chi connectivity index (χ2n) is 8.28. The molecule has 1 saturated carbocycles. The highest BCUT2D eigenvalue weighted by atomic mass is 79.9. The van der Waals surface area contributed by atoms with Crippen molar-refractivity contribution in [3.8, 4) is 0 Å². The molecule has 0 bridgehead atoms. The first-order valence-electron chi connectivity index (χ1n) is 9.71. The van der Waals surface area contributed by atoms with Crippen LogP contribution in [0.15, 0.2) is 41.3 Å². The first-order chi connectivity index (χ1) is 14.2. The molecular formula is C21H20BrCl2N3O3. The van der Waals surface area contributed by atoms with Gasteiger partial charge in [-0.15, -0.1) is 0 Å². The first-order valence-corrected chi connectivity index (χ1v) is 11.3. The monoisotopic (exact) mass is 511 g/mol. The molecule has 5 atom stereocenters. The third kappa shape index (κ3) is 3.36.